The Bertz CT molecular complexity index is 525. The van der Waals surface area contributed by atoms with Crippen LogP contribution in [0, 0.1) is 5.92 Å². The molecular formula is C14H22N4O2. The fourth-order valence-electron chi connectivity index (χ4n) is 3.30. The third-order valence-electron chi connectivity index (χ3n) is 4.22. The van der Waals surface area contributed by atoms with Gasteiger partial charge in [-0.3, -0.25) is 9.48 Å². The van der Waals surface area contributed by atoms with Crippen molar-refractivity contribution in [3.05, 3.63) is 5.69 Å². The molecule has 2 aliphatic rings. The lowest BCUT2D eigenvalue weighted by Crippen LogP contribution is -2.43. The molecule has 3 heterocycles. The van der Waals surface area contributed by atoms with Crippen molar-refractivity contribution >= 4 is 17.4 Å². The van der Waals surface area contributed by atoms with Crippen LogP contribution in [-0.4, -0.2) is 41.5 Å². The van der Waals surface area contributed by atoms with Crippen LogP contribution in [0.3, 0.4) is 0 Å². The van der Waals surface area contributed by atoms with E-state index in [0.717, 1.165) is 36.6 Å². The first-order chi connectivity index (χ1) is 9.67. The summed E-state index contributed by atoms with van der Waals surface area (Å²) in [5.74, 6) is 0.995. The average Bonchev–Trinajstić information content (AvgIpc) is 2.97. The maximum Gasteiger partial charge on any atom is 0.232 e. The van der Waals surface area contributed by atoms with E-state index in [1.165, 1.54) is 0 Å². The Hall–Kier alpha value is -1.56. The molecular weight excluding hydrogens is 256 g/mol. The fraction of sp³-hybridized carbons (Fsp3) is 0.714. The summed E-state index contributed by atoms with van der Waals surface area (Å²) in [6.45, 7) is 6.20. The van der Waals surface area contributed by atoms with Crippen molar-refractivity contribution < 1.29 is 9.53 Å². The van der Waals surface area contributed by atoms with Crippen LogP contribution in [0.2, 0.25) is 0 Å². The van der Waals surface area contributed by atoms with E-state index in [1.54, 1.807) is 0 Å². The van der Waals surface area contributed by atoms with E-state index in [9.17, 15) is 4.79 Å². The topological polar surface area (TPSA) is 59.4 Å². The molecule has 0 radical (unpaired) electrons. The highest BCUT2D eigenvalue weighted by molar-refractivity contribution is 5.98. The summed E-state index contributed by atoms with van der Waals surface area (Å²) in [5, 5.41) is 7.68. The Morgan fingerprint density at radius 2 is 2.20 bits per heavy atom. The van der Waals surface area contributed by atoms with Gasteiger partial charge in [-0.05, 0) is 13.3 Å². The fourth-order valence-corrected chi connectivity index (χ4v) is 3.30. The molecule has 110 valence electrons. The number of likely N-dealkylation sites (N-methyl/N-ethyl adjacent to an activating group) is 1. The number of rotatable bonds is 3. The predicted octanol–water partition coefficient (Wildman–Crippen LogP) is 1.17. The van der Waals surface area contributed by atoms with E-state index in [2.05, 4.69) is 29.2 Å². The van der Waals surface area contributed by atoms with Gasteiger partial charge in [0, 0.05) is 13.6 Å². The number of anilines is 2. The maximum atomic E-state index is 12.4. The number of nitrogens with zero attached hydrogens (tertiary/aromatic N) is 3. The van der Waals surface area contributed by atoms with E-state index >= 15 is 0 Å². The molecule has 0 saturated carbocycles. The number of aryl methyl sites for hydroxylation is 2. The van der Waals surface area contributed by atoms with Crippen LogP contribution in [0.5, 0.6) is 0 Å². The molecule has 1 aromatic rings. The number of amides is 1. The lowest BCUT2D eigenvalue weighted by atomic mass is 10.0. The Balaban J connectivity index is 2.10. The van der Waals surface area contributed by atoms with Crippen LogP contribution >= 0.6 is 0 Å². The minimum atomic E-state index is -0.0863. The second kappa shape index (κ2) is 5.09. The second-order valence-corrected chi connectivity index (χ2v) is 5.51. The normalized spacial score (nSPS) is 25.1. The number of carbonyl (C=O) groups is 1. The van der Waals surface area contributed by atoms with Crippen LogP contribution in [0.4, 0.5) is 11.5 Å². The molecule has 1 amide bonds. The highest BCUT2D eigenvalue weighted by Gasteiger charge is 2.42. The van der Waals surface area contributed by atoms with Gasteiger partial charge < -0.3 is 15.0 Å². The van der Waals surface area contributed by atoms with Gasteiger partial charge in [0.1, 0.15) is 5.69 Å². The number of aromatic nitrogens is 2. The first-order valence-corrected chi connectivity index (χ1v) is 7.38. The molecule has 1 fully saturated rings. The molecule has 2 unspecified atom stereocenters. The Morgan fingerprint density at radius 3 is 2.90 bits per heavy atom. The van der Waals surface area contributed by atoms with Crippen molar-refractivity contribution in [1.82, 2.24) is 9.78 Å². The molecule has 6 heteroatoms. The SMILES string of the molecule is CCCc1nn(C)c2c1NC(=O)C1COCC1N2CC. The number of nitrogens with one attached hydrogen (secondary N) is 1. The van der Waals surface area contributed by atoms with Gasteiger partial charge in [-0.1, -0.05) is 13.3 Å². The van der Waals surface area contributed by atoms with Gasteiger partial charge in [-0.2, -0.15) is 5.10 Å². The van der Waals surface area contributed by atoms with Gasteiger partial charge in [0.05, 0.1) is 30.9 Å². The molecule has 0 bridgehead atoms. The molecule has 0 aromatic carbocycles. The first-order valence-electron chi connectivity index (χ1n) is 7.38. The van der Waals surface area contributed by atoms with Crippen LogP contribution in [0.15, 0.2) is 0 Å². The molecule has 2 aliphatic heterocycles. The minimum Gasteiger partial charge on any atom is -0.378 e. The van der Waals surface area contributed by atoms with Gasteiger partial charge in [0.25, 0.3) is 0 Å². The van der Waals surface area contributed by atoms with E-state index in [1.807, 2.05) is 11.7 Å². The van der Waals surface area contributed by atoms with Gasteiger partial charge in [-0.15, -0.1) is 0 Å². The smallest absolute Gasteiger partial charge is 0.232 e. The quantitative estimate of drug-likeness (QED) is 0.901. The largest absolute Gasteiger partial charge is 0.378 e. The number of ether oxygens (including phenoxy) is 1. The molecule has 2 atom stereocenters. The molecule has 3 rings (SSSR count). The number of carbonyl (C=O) groups excluding carboxylic acids is 1. The summed E-state index contributed by atoms with van der Waals surface area (Å²) in [6, 6.07) is 0.117. The van der Waals surface area contributed by atoms with Crippen molar-refractivity contribution in [2.45, 2.75) is 32.7 Å². The standard InChI is InChI=1S/C14H22N4O2/c1-4-6-10-12-14(17(3)16-10)18(5-2)11-8-20-7-9(11)13(19)15-12/h9,11H,4-8H2,1-3H3,(H,15,19). The zero-order valence-electron chi connectivity index (χ0n) is 12.3. The van der Waals surface area contributed by atoms with Gasteiger partial charge in [0.2, 0.25) is 5.91 Å². The van der Waals surface area contributed by atoms with E-state index < -0.39 is 0 Å². The summed E-state index contributed by atoms with van der Waals surface area (Å²) in [7, 11) is 1.95. The van der Waals surface area contributed by atoms with E-state index in [-0.39, 0.29) is 17.9 Å². The lowest BCUT2D eigenvalue weighted by molar-refractivity contribution is -0.120. The Kier molecular flexibility index (Phi) is 3.41. The maximum absolute atomic E-state index is 12.4. The molecule has 0 aliphatic carbocycles. The third-order valence-corrected chi connectivity index (χ3v) is 4.22. The zero-order chi connectivity index (χ0) is 14.3. The molecule has 1 aromatic heterocycles. The van der Waals surface area contributed by atoms with Crippen LogP contribution < -0.4 is 10.2 Å². The number of hydrogen-bond acceptors (Lipinski definition) is 4. The predicted molar refractivity (Wildman–Crippen MR) is 76.9 cm³/mol. The van der Waals surface area contributed by atoms with Gasteiger partial charge in [0.15, 0.2) is 5.82 Å². The average molecular weight is 278 g/mol. The van der Waals surface area contributed by atoms with Crippen LogP contribution in [-0.2, 0) is 23.0 Å². The third kappa shape index (κ3) is 1.90. The summed E-state index contributed by atoms with van der Waals surface area (Å²) in [5.41, 5.74) is 1.88. The zero-order valence-corrected chi connectivity index (χ0v) is 12.3. The van der Waals surface area contributed by atoms with E-state index in [0.29, 0.717) is 13.2 Å². The first kappa shape index (κ1) is 13.4. The highest BCUT2D eigenvalue weighted by Crippen LogP contribution is 2.37. The lowest BCUT2D eigenvalue weighted by Gasteiger charge is -2.29. The van der Waals surface area contributed by atoms with Crippen molar-refractivity contribution in [3.63, 3.8) is 0 Å². The number of fused-ring (bicyclic) bond motifs is 2. The molecule has 6 nitrogen and oxygen atoms in total. The summed E-state index contributed by atoms with van der Waals surface area (Å²) < 4.78 is 7.42. The summed E-state index contributed by atoms with van der Waals surface area (Å²) in [4.78, 5) is 14.7. The Labute approximate surface area is 119 Å². The number of hydrogen-bond donors (Lipinski definition) is 1. The van der Waals surface area contributed by atoms with Gasteiger partial charge in [-0.25, -0.2) is 0 Å². The van der Waals surface area contributed by atoms with Crippen LogP contribution in [0.25, 0.3) is 0 Å². The summed E-state index contributed by atoms with van der Waals surface area (Å²) in [6.07, 6.45) is 1.90. The van der Waals surface area contributed by atoms with Crippen molar-refractivity contribution in [3.8, 4) is 0 Å². The second-order valence-electron chi connectivity index (χ2n) is 5.51. The molecule has 20 heavy (non-hydrogen) atoms. The molecule has 1 N–H and O–H groups in total. The summed E-state index contributed by atoms with van der Waals surface area (Å²) >= 11 is 0. The van der Waals surface area contributed by atoms with Crippen molar-refractivity contribution in [2.75, 3.05) is 30.0 Å². The minimum absolute atomic E-state index is 0.0649. The van der Waals surface area contributed by atoms with Gasteiger partial charge >= 0.3 is 0 Å². The van der Waals surface area contributed by atoms with E-state index in [4.69, 9.17) is 4.74 Å². The van der Waals surface area contributed by atoms with Crippen molar-refractivity contribution in [2.24, 2.45) is 13.0 Å². The molecule has 0 spiro atoms. The van der Waals surface area contributed by atoms with Crippen LogP contribution in [0.1, 0.15) is 26.0 Å². The Morgan fingerprint density at radius 1 is 1.40 bits per heavy atom. The highest BCUT2D eigenvalue weighted by atomic mass is 16.5. The molecule has 1 saturated heterocycles. The monoisotopic (exact) mass is 278 g/mol. The van der Waals surface area contributed by atoms with Crippen molar-refractivity contribution in [1.29, 1.82) is 0 Å².